The number of hydrogen-bond acceptors (Lipinski definition) is 4. The molecule has 0 atom stereocenters. The Kier molecular flexibility index (Phi) is 3.70. The van der Waals surface area contributed by atoms with Crippen molar-refractivity contribution in [2.75, 3.05) is 14.2 Å². The van der Waals surface area contributed by atoms with Crippen molar-refractivity contribution in [1.29, 1.82) is 0 Å². The third kappa shape index (κ3) is 2.67. The van der Waals surface area contributed by atoms with E-state index in [9.17, 15) is 4.79 Å². The first-order valence-electron chi connectivity index (χ1n) is 5.63. The monoisotopic (exact) mass is 262 g/mol. The van der Waals surface area contributed by atoms with Crippen LogP contribution in [0, 0.1) is 0 Å². The Bertz CT molecular complexity index is 592. The number of aromatic nitrogens is 2. The van der Waals surface area contributed by atoms with E-state index in [4.69, 9.17) is 14.6 Å². The zero-order valence-corrected chi connectivity index (χ0v) is 10.7. The van der Waals surface area contributed by atoms with Crippen LogP contribution < -0.4 is 9.47 Å². The molecule has 100 valence electrons. The zero-order valence-electron chi connectivity index (χ0n) is 10.7. The van der Waals surface area contributed by atoms with Crippen LogP contribution in [0.5, 0.6) is 11.5 Å². The molecule has 6 nitrogen and oxygen atoms in total. The zero-order chi connectivity index (χ0) is 13.8. The number of carboxylic acid groups (broad SMARTS) is 1. The highest BCUT2D eigenvalue weighted by atomic mass is 16.5. The fourth-order valence-corrected chi connectivity index (χ4v) is 1.81. The molecule has 0 aliphatic heterocycles. The maximum absolute atomic E-state index is 10.8. The van der Waals surface area contributed by atoms with Gasteiger partial charge < -0.3 is 14.6 Å². The highest BCUT2D eigenvalue weighted by Crippen LogP contribution is 2.29. The van der Waals surface area contributed by atoms with E-state index in [1.165, 1.54) is 0 Å². The van der Waals surface area contributed by atoms with Crippen molar-refractivity contribution in [1.82, 2.24) is 9.78 Å². The predicted molar refractivity (Wildman–Crippen MR) is 68.0 cm³/mol. The molecule has 0 aliphatic carbocycles. The van der Waals surface area contributed by atoms with Crippen LogP contribution in [0.15, 0.2) is 30.5 Å². The molecule has 0 spiro atoms. The van der Waals surface area contributed by atoms with Gasteiger partial charge in [-0.3, -0.25) is 4.79 Å². The van der Waals surface area contributed by atoms with E-state index < -0.39 is 5.97 Å². The lowest BCUT2D eigenvalue weighted by Gasteiger charge is -2.11. The van der Waals surface area contributed by atoms with Gasteiger partial charge in [0.2, 0.25) is 0 Å². The number of nitrogens with zero attached hydrogens (tertiary/aromatic N) is 2. The summed E-state index contributed by atoms with van der Waals surface area (Å²) >= 11 is 0. The van der Waals surface area contributed by atoms with Gasteiger partial charge in [0.1, 0.15) is 0 Å². The van der Waals surface area contributed by atoms with Crippen LogP contribution >= 0.6 is 0 Å². The highest BCUT2D eigenvalue weighted by molar-refractivity contribution is 5.69. The second kappa shape index (κ2) is 5.43. The lowest BCUT2D eigenvalue weighted by molar-refractivity contribution is -0.136. The molecule has 6 heteroatoms. The molecule has 2 aromatic rings. The Morgan fingerprint density at radius 1 is 1.26 bits per heavy atom. The number of benzene rings is 1. The average Bonchev–Trinajstić information content (AvgIpc) is 2.85. The van der Waals surface area contributed by atoms with Gasteiger partial charge in [0.15, 0.2) is 11.5 Å². The SMILES string of the molecule is COc1ccc(-n2nccc2CC(=O)O)cc1OC. The van der Waals surface area contributed by atoms with Gasteiger partial charge in [-0.2, -0.15) is 5.10 Å². The van der Waals surface area contributed by atoms with Crippen molar-refractivity contribution < 1.29 is 19.4 Å². The number of hydrogen-bond donors (Lipinski definition) is 1. The molecule has 1 heterocycles. The van der Waals surface area contributed by atoms with Crippen LogP contribution in [0.4, 0.5) is 0 Å². The van der Waals surface area contributed by atoms with E-state index in [0.717, 1.165) is 5.69 Å². The summed E-state index contributed by atoms with van der Waals surface area (Å²) in [6, 6.07) is 6.96. The van der Waals surface area contributed by atoms with Crippen LogP contribution in [0.3, 0.4) is 0 Å². The van der Waals surface area contributed by atoms with E-state index in [1.807, 2.05) is 0 Å². The normalized spacial score (nSPS) is 10.2. The summed E-state index contributed by atoms with van der Waals surface area (Å²) < 4.78 is 11.9. The summed E-state index contributed by atoms with van der Waals surface area (Å²) in [5.74, 6) is 0.275. The van der Waals surface area contributed by atoms with Crippen LogP contribution in [-0.4, -0.2) is 35.1 Å². The largest absolute Gasteiger partial charge is 0.493 e. The summed E-state index contributed by atoms with van der Waals surface area (Å²) in [5.41, 5.74) is 1.32. The molecule has 0 saturated carbocycles. The minimum absolute atomic E-state index is 0.0889. The summed E-state index contributed by atoms with van der Waals surface area (Å²) in [6.07, 6.45) is 1.48. The first-order valence-corrected chi connectivity index (χ1v) is 5.63. The van der Waals surface area contributed by atoms with Gasteiger partial charge in [0, 0.05) is 12.3 Å². The molecular weight excluding hydrogens is 248 g/mol. The van der Waals surface area contributed by atoms with Gasteiger partial charge in [-0.1, -0.05) is 0 Å². The second-order valence-corrected chi connectivity index (χ2v) is 3.84. The Balaban J connectivity index is 2.42. The molecule has 1 N–H and O–H groups in total. The molecule has 19 heavy (non-hydrogen) atoms. The van der Waals surface area contributed by atoms with Gasteiger partial charge in [0.25, 0.3) is 0 Å². The molecule has 0 radical (unpaired) electrons. The van der Waals surface area contributed by atoms with Gasteiger partial charge in [-0.25, -0.2) is 4.68 Å². The van der Waals surface area contributed by atoms with Crippen molar-refractivity contribution in [3.63, 3.8) is 0 Å². The van der Waals surface area contributed by atoms with Crippen LogP contribution in [0.25, 0.3) is 5.69 Å². The van der Waals surface area contributed by atoms with Gasteiger partial charge in [0.05, 0.1) is 32.0 Å². The Hall–Kier alpha value is -2.50. The number of ether oxygens (including phenoxy) is 2. The predicted octanol–water partition coefficient (Wildman–Crippen LogP) is 1.52. The van der Waals surface area contributed by atoms with E-state index in [-0.39, 0.29) is 6.42 Å². The molecule has 0 unspecified atom stereocenters. The molecule has 2 rings (SSSR count). The fourth-order valence-electron chi connectivity index (χ4n) is 1.81. The van der Waals surface area contributed by atoms with Crippen LogP contribution in [0.2, 0.25) is 0 Å². The summed E-state index contributed by atoms with van der Waals surface area (Å²) in [5, 5.41) is 13.0. The smallest absolute Gasteiger partial charge is 0.309 e. The summed E-state index contributed by atoms with van der Waals surface area (Å²) in [6.45, 7) is 0. The molecule has 1 aromatic carbocycles. The fraction of sp³-hybridized carbons (Fsp3) is 0.231. The Morgan fingerprint density at radius 2 is 2.00 bits per heavy atom. The number of carbonyl (C=O) groups is 1. The van der Waals surface area contributed by atoms with Gasteiger partial charge in [-0.05, 0) is 18.2 Å². The average molecular weight is 262 g/mol. The molecule has 0 amide bonds. The Morgan fingerprint density at radius 3 is 2.63 bits per heavy atom. The summed E-state index contributed by atoms with van der Waals surface area (Å²) in [7, 11) is 3.10. The molecular formula is C13H14N2O4. The molecule has 0 saturated heterocycles. The first kappa shape index (κ1) is 12.9. The van der Waals surface area contributed by atoms with Crippen molar-refractivity contribution in [3.8, 4) is 17.2 Å². The molecule has 1 aromatic heterocycles. The second-order valence-electron chi connectivity index (χ2n) is 3.84. The minimum atomic E-state index is -0.901. The van der Waals surface area contributed by atoms with Crippen LogP contribution in [-0.2, 0) is 11.2 Å². The van der Waals surface area contributed by atoms with Crippen molar-refractivity contribution in [2.24, 2.45) is 0 Å². The minimum Gasteiger partial charge on any atom is -0.493 e. The molecule has 0 aliphatic rings. The number of aliphatic carboxylic acids is 1. The van der Waals surface area contributed by atoms with Crippen molar-refractivity contribution in [3.05, 3.63) is 36.2 Å². The third-order valence-corrected chi connectivity index (χ3v) is 2.67. The first-order chi connectivity index (χ1) is 9.15. The number of rotatable bonds is 5. The Labute approximate surface area is 110 Å². The van der Waals surface area contributed by atoms with E-state index in [2.05, 4.69) is 5.10 Å². The van der Waals surface area contributed by atoms with E-state index in [1.54, 1.807) is 49.4 Å². The summed E-state index contributed by atoms with van der Waals surface area (Å²) in [4.78, 5) is 10.8. The standard InChI is InChI=1S/C13H14N2O4/c1-18-11-4-3-9(7-12(11)19-2)15-10(5-6-14-15)8-13(16)17/h3-7H,8H2,1-2H3,(H,16,17). The third-order valence-electron chi connectivity index (χ3n) is 2.67. The van der Waals surface area contributed by atoms with Crippen molar-refractivity contribution in [2.45, 2.75) is 6.42 Å². The van der Waals surface area contributed by atoms with E-state index in [0.29, 0.717) is 17.2 Å². The number of methoxy groups -OCH3 is 2. The van der Waals surface area contributed by atoms with Gasteiger partial charge in [-0.15, -0.1) is 0 Å². The number of carboxylic acids is 1. The molecule has 0 fully saturated rings. The topological polar surface area (TPSA) is 73.6 Å². The quantitative estimate of drug-likeness (QED) is 0.884. The van der Waals surface area contributed by atoms with Gasteiger partial charge >= 0.3 is 5.97 Å². The maximum Gasteiger partial charge on any atom is 0.309 e. The maximum atomic E-state index is 10.8. The highest BCUT2D eigenvalue weighted by Gasteiger charge is 2.11. The van der Waals surface area contributed by atoms with Crippen molar-refractivity contribution >= 4 is 5.97 Å². The van der Waals surface area contributed by atoms with Crippen LogP contribution in [0.1, 0.15) is 5.69 Å². The van der Waals surface area contributed by atoms with E-state index >= 15 is 0 Å². The lowest BCUT2D eigenvalue weighted by atomic mass is 10.2. The molecule has 0 bridgehead atoms. The lowest BCUT2D eigenvalue weighted by Crippen LogP contribution is -2.08.